The first-order valence-electron chi connectivity index (χ1n) is 9.34. The monoisotopic (exact) mass is 409 g/mol. The standard InChI is InChI=1S/C19H27N3O5S/c1-5-13(3)22(14(4)6-2)17(23)12-27-18(24)11-20-19-15-9-7-8-10-16(15)28(25,26)21-19/h7-10,13-14H,5-6,11-12H2,1-4H3,(H,20,21)/t13-,14-/m0/s1. The second kappa shape index (κ2) is 9.18. The first kappa shape index (κ1) is 21.9. The molecule has 0 spiro atoms. The summed E-state index contributed by atoms with van der Waals surface area (Å²) in [7, 11) is -3.66. The van der Waals surface area contributed by atoms with Gasteiger partial charge >= 0.3 is 5.97 Å². The fraction of sp³-hybridized carbons (Fsp3) is 0.526. The second-order valence-corrected chi connectivity index (χ2v) is 8.39. The summed E-state index contributed by atoms with van der Waals surface area (Å²) in [4.78, 5) is 30.3. The number of carbonyl (C=O) groups excluding carboxylic acids is 2. The first-order chi connectivity index (χ1) is 13.2. The van der Waals surface area contributed by atoms with Gasteiger partial charge in [-0.1, -0.05) is 26.0 Å². The Hall–Kier alpha value is -2.42. The van der Waals surface area contributed by atoms with Crippen LogP contribution in [0.25, 0.3) is 0 Å². The van der Waals surface area contributed by atoms with Crippen LogP contribution in [0.1, 0.15) is 46.1 Å². The minimum Gasteiger partial charge on any atom is -0.454 e. The smallest absolute Gasteiger partial charge is 0.328 e. The number of nitrogens with zero attached hydrogens (tertiary/aromatic N) is 2. The van der Waals surface area contributed by atoms with Crippen LogP contribution in [-0.2, 0) is 24.3 Å². The Bertz CT molecular complexity index is 856. The van der Waals surface area contributed by atoms with Gasteiger partial charge in [-0.05, 0) is 38.8 Å². The maximum atomic E-state index is 12.5. The molecule has 0 saturated carbocycles. The van der Waals surface area contributed by atoms with E-state index in [1.807, 2.05) is 27.7 Å². The van der Waals surface area contributed by atoms with Gasteiger partial charge in [0, 0.05) is 17.6 Å². The van der Waals surface area contributed by atoms with E-state index in [0.29, 0.717) is 5.56 Å². The molecule has 0 aromatic heterocycles. The molecule has 28 heavy (non-hydrogen) atoms. The molecule has 0 radical (unpaired) electrons. The third-order valence-corrected chi connectivity index (χ3v) is 6.20. The highest BCUT2D eigenvalue weighted by molar-refractivity contribution is 7.90. The van der Waals surface area contributed by atoms with Crippen LogP contribution in [0.5, 0.6) is 0 Å². The minimum atomic E-state index is -3.66. The number of benzene rings is 1. The van der Waals surface area contributed by atoms with Crippen molar-refractivity contribution in [1.29, 1.82) is 0 Å². The lowest BCUT2D eigenvalue weighted by Crippen LogP contribution is -2.46. The molecule has 0 bridgehead atoms. The van der Waals surface area contributed by atoms with Crippen LogP contribution >= 0.6 is 0 Å². The third kappa shape index (κ3) is 4.89. The van der Waals surface area contributed by atoms with Crippen molar-refractivity contribution >= 4 is 27.7 Å². The summed E-state index contributed by atoms with van der Waals surface area (Å²) in [5.41, 5.74) is 0.408. The molecule has 0 saturated heterocycles. The largest absolute Gasteiger partial charge is 0.454 e. The number of nitrogens with one attached hydrogen (secondary N) is 1. The Kier molecular flexibility index (Phi) is 7.17. The summed E-state index contributed by atoms with van der Waals surface area (Å²) in [6.45, 7) is 7.17. The normalized spacial score (nSPS) is 18.1. The van der Waals surface area contributed by atoms with Crippen LogP contribution in [0.4, 0.5) is 0 Å². The molecular formula is C19H27N3O5S. The molecule has 2 atom stereocenters. The summed E-state index contributed by atoms with van der Waals surface area (Å²) >= 11 is 0. The molecular weight excluding hydrogens is 382 g/mol. The number of hydrogen-bond donors (Lipinski definition) is 1. The molecule has 1 aromatic carbocycles. The number of amides is 1. The van der Waals surface area contributed by atoms with Crippen LogP contribution in [0, 0.1) is 0 Å². The number of ether oxygens (including phenoxy) is 1. The Morgan fingerprint density at radius 3 is 2.36 bits per heavy atom. The molecule has 1 aliphatic heterocycles. The Labute approximate surface area is 166 Å². The van der Waals surface area contributed by atoms with E-state index < -0.39 is 16.0 Å². The lowest BCUT2D eigenvalue weighted by Gasteiger charge is -2.33. The predicted molar refractivity (Wildman–Crippen MR) is 105 cm³/mol. The van der Waals surface area contributed by atoms with E-state index in [0.717, 1.165) is 12.8 Å². The SMILES string of the molecule is CC[C@H](C)N(C(=O)COC(=O)CN=C1NS(=O)(=O)c2ccccc21)[C@@H](C)CC. The predicted octanol–water partition coefficient (Wildman–Crippen LogP) is 1.69. The molecule has 1 aromatic rings. The molecule has 0 aliphatic carbocycles. The van der Waals surface area contributed by atoms with Crippen molar-refractivity contribution in [3.63, 3.8) is 0 Å². The van der Waals surface area contributed by atoms with Crippen molar-refractivity contribution in [3.05, 3.63) is 29.8 Å². The van der Waals surface area contributed by atoms with E-state index in [1.165, 1.54) is 6.07 Å². The van der Waals surface area contributed by atoms with Crippen molar-refractivity contribution in [3.8, 4) is 0 Å². The highest BCUT2D eigenvalue weighted by Gasteiger charge is 2.30. The van der Waals surface area contributed by atoms with Gasteiger partial charge in [-0.2, -0.15) is 0 Å². The van der Waals surface area contributed by atoms with E-state index >= 15 is 0 Å². The van der Waals surface area contributed by atoms with Gasteiger partial charge in [0.1, 0.15) is 12.4 Å². The summed E-state index contributed by atoms with van der Waals surface area (Å²) in [6.07, 6.45) is 1.61. The van der Waals surface area contributed by atoms with Gasteiger partial charge in [0.2, 0.25) is 0 Å². The quantitative estimate of drug-likeness (QED) is 0.658. The Morgan fingerprint density at radius 1 is 1.14 bits per heavy atom. The second-order valence-electron chi connectivity index (χ2n) is 6.74. The zero-order valence-corrected chi connectivity index (χ0v) is 17.5. The van der Waals surface area contributed by atoms with Crippen molar-refractivity contribution in [2.75, 3.05) is 13.2 Å². The molecule has 1 amide bonds. The summed E-state index contributed by atoms with van der Waals surface area (Å²) < 4.78 is 31.4. The van der Waals surface area contributed by atoms with E-state index in [4.69, 9.17) is 4.74 Å². The van der Waals surface area contributed by atoms with E-state index in [2.05, 4.69) is 9.71 Å². The van der Waals surface area contributed by atoms with Gasteiger partial charge in [-0.3, -0.25) is 19.3 Å². The fourth-order valence-corrected chi connectivity index (χ4v) is 4.23. The Morgan fingerprint density at radius 2 is 1.75 bits per heavy atom. The average molecular weight is 410 g/mol. The number of rotatable bonds is 8. The van der Waals surface area contributed by atoms with Crippen LogP contribution < -0.4 is 4.72 Å². The molecule has 0 fully saturated rings. The summed E-state index contributed by atoms with van der Waals surface area (Å²) in [5, 5.41) is 0. The average Bonchev–Trinajstić information content (AvgIpc) is 2.95. The molecule has 9 heteroatoms. The number of hydrogen-bond acceptors (Lipinski definition) is 6. The van der Waals surface area contributed by atoms with Crippen molar-refractivity contribution < 1.29 is 22.7 Å². The summed E-state index contributed by atoms with van der Waals surface area (Å²) in [6, 6.07) is 6.47. The maximum Gasteiger partial charge on any atom is 0.328 e. The number of fused-ring (bicyclic) bond motifs is 1. The number of esters is 1. The van der Waals surface area contributed by atoms with Crippen LogP contribution in [0.15, 0.2) is 34.2 Å². The molecule has 8 nitrogen and oxygen atoms in total. The van der Waals surface area contributed by atoms with Gasteiger partial charge in [0.05, 0.1) is 4.90 Å². The zero-order valence-electron chi connectivity index (χ0n) is 16.6. The van der Waals surface area contributed by atoms with E-state index in [1.54, 1.807) is 23.1 Å². The fourth-order valence-electron chi connectivity index (χ4n) is 2.98. The maximum absolute atomic E-state index is 12.5. The van der Waals surface area contributed by atoms with E-state index in [9.17, 15) is 18.0 Å². The van der Waals surface area contributed by atoms with Gasteiger partial charge in [0.15, 0.2) is 6.61 Å². The number of aliphatic imine (C=N–C) groups is 1. The topological polar surface area (TPSA) is 105 Å². The number of carbonyl (C=O) groups is 2. The lowest BCUT2D eigenvalue weighted by atomic mass is 10.1. The van der Waals surface area contributed by atoms with Crippen molar-refractivity contribution in [2.24, 2.45) is 4.99 Å². The highest BCUT2D eigenvalue weighted by atomic mass is 32.2. The molecule has 2 rings (SSSR count). The molecule has 1 aliphatic rings. The zero-order chi connectivity index (χ0) is 20.9. The Balaban J connectivity index is 1.98. The summed E-state index contributed by atoms with van der Waals surface area (Å²) in [5.74, 6) is -0.853. The minimum absolute atomic E-state index is 0.0470. The van der Waals surface area contributed by atoms with Crippen LogP contribution in [0.2, 0.25) is 0 Å². The van der Waals surface area contributed by atoms with Gasteiger partial charge in [-0.25, -0.2) is 8.42 Å². The third-order valence-electron chi connectivity index (χ3n) is 4.80. The first-order valence-corrected chi connectivity index (χ1v) is 10.8. The van der Waals surface area contributed by atoms with Crippen LogP contribution in [0.3, 0.4) is 0 Å². The van der Waals surface area contributed by atoms with Gasteiger partial charge in [-0.15, -0.1) is 0 Å². The number of sulfonamides is 1. The molecule has 1 heterocycles. The molecule has 0 unspecified atom stereocenters. The lowest BCUT2D eigenvalue weighted by molar-refractivity contribution is -0.153. The van der Waals surface area contributed by atoms with Crippen LogP contribution in [-0.4, -0.2) is 56.3 Å². The van der Waals surface area contributed by atoms with Crippen molar-refractivity contribution in [1.82, 2.24) is 9.62 Å². The highest BCUT2D eigenvalue weighted by Crippen LogP contribution is 2.22. The number of amidine groups is 1. The van der Waals surface area contributed by atoms with Crippen molar-refractivity contribution in [2.45, 2.75) is 57.5 Å². The van der Waals surface area contributed by atoms with Gasteiger partial charge in [0.25, 0.3) is 15.9 Å². The van der Waals surface area contributed by atoms with Gasteiger partial charge < -0.3 is 9.64 Å². The molecule has 154 valence electrons. The van der Waals surface area contributed by atoms with E-state index in [-0.39, 0.29) is 41.9 Å². The molecule has 1 N–H and O–H groups in total.